The quantitative estimate of drug-likeness (QED) is 0.232. The zero-order valence-electron chi connectivity index (χ0n) is 21.9. The zero-order valence-corrected chi connectivity index (χ0v) is 21.9. The summed E-state index contributed by atoms with van der Waals surface area (Å²) in [6, 6.07) is 21.7. The Kier molecular flexibility index (Phi) is 9.71. The molecule has 3 aromatic rings. The van der Waals surface area contributed by atoms with Crippen molar-refractivity contribution in [3.63, 3.8) is 0 Å². The van der Waals surface area contributed by atoms with Crippen molar-refractivity contribution < 1.29 is 14.0 Å². The highest BCUT2D eigenvalue weighted by atomic mass is 19.1. The number of likely N-dealkylation sites (tertiary alicyclic amines) is 1. The van der Waals surface area contributed by atoms with Crippen molar-refractivity contribution in [1.29, 1.82) is 0 Å². The summed E-state index contributed by atoms with van der Waals surface area (Å²) in [6.07, 6.45) is 3.30. The van der Waals surface area contributed by atoms with Gasteiger partial charge in [0, 0.05) is 43.1 Å². The molecule has 1 aliphatic rings. The third-order valence-electron chi connectivity index (χ3n) is 7.74. The summed E-state index contributed by atoms with van der Waals surface area (Å²) in [5.41, 5.74) is 2.18. The van der Waals surface area contributed by atoms with E-state index in [2.05, 4.69) is 59.9 Å². The smallest absolute Gasteiger partial charge is 0.286 e. The molecular formula is C31H36FN3O3. The summed E-state index contributed by atoms with van der Waals surface area (Å²) in [7, 11) is 0. The van der Waals surface area contributed by atoms with Gasteiger partial charge in [0.1, 0.15) is 5.82 Å². The first-order chi connectivity index (χ1) is 18.5. The van der Waals surface area contributed by atoms with Crippen LogP contribution in [0, 0.1) is 16.6 Å². The minimum absolute atomic E-state index is 0.0342. The lowest BCUT2D eigenvalue weighted by Gasteiger charge is -2.39. The van der Waals surface area contributed by atoms with E-state index in [4.69, 9.17) is 0 Å². The van der Waals surface area contributed by atoms with Gasteiger partial charge in [-0.3, -0.25) is 9.59 Å². The molecule has 1 saturated heterocycles. The second-order valence-electron chi connectivity index (χ2n) is 10.3. The molecule has 0 radical (unpaired) electrons. The van der Waals surface area contributed by atoms with Crippen molar-refractivity contribution in [2.45, 2.75) is 57.4 Å². The second-order valence-corrected chi connectivity index (χ2v) is 10.3. The van der Waals surface area contributed by atoms with E-state index in [-0.39, 0.29) is 36.0 Å². The number of piperidine rings is 1. The molecule has 2 amide bonds. The maximum atomic E-state index is 14.2. The number of benzene rings is 3. The third-order valence-corrected chi connectivity index (χ3v) is 7.74. The number of nitrogens with zero attached hydrogens (tertiary/aromatic N) is 2. The van der Waals surface area contributed by atoms with E-state index in [1.54, 1.807) is 12.1 Å². The maximum absolute atomic E-state index is 14.2. The molecule has 6 nitrogen and oxygen atoms in total. The van der Waals surface area contributed by atoms with Crippen LogP contribution < -0.4 is 5.32 Å². The molecule has 1 fully saturated rings. The minimum atomic E-state index is -0.639. The fourth-order valence-electron chi connectivity index (χ4n) is 5.59. The number of hydrogen-bond donors (Lipinski definition) is 1. The van der Waals surface area contributed by atoms with Gasteiger partial charge in [0.25, 0.3) is 5.91 Å². The number of halogens is 1. The summed E-state index contributed by atoms with van der Waals surface area (Å²) in [4.78, 5) is 36.1. The molecule has 3 atom stereocenters. The fraction of sp³-hybridized carbons (Fsp3) is 0.419. The van der Waals surface area contributed by atoms with Gasteiger partial charge in [0.05, 0.1) is 0 Å². The molecular weight excluding hydrogens is 481 g/mol. The predicted octanol–water partition coefficient (Wildman–Crippen LogP) is 6.51. The lowest BCUT2D eigenvalue weighted by molar-refractivity contribution is -0.133. The van der Waals surface area contributed by atoms with Crippen molar-refractivity contribution in [3.05, 3.63) is 88.6 Å². The van der Waals surface area contributed by atoms with Crippen LogP contribution in [0.4, 0.5) is 4.39 Å². The third kappa shape index (κ3) is 7.10. The van der Waals surface area contributed by atoms with E-state index in [0.29, 0.717) is 38.8 Å². The van der Waals surface area contributed by atoms with Gasteiger partial charge in [0.15, 0.2) is 0 Å². The van der Waals surface area contributed by atoms with Gasteiger partial charge in [-0.25, -0.2) is 4.39 Å². The van der Waals surface area contributed by atoms with E-state index in [1.807, 2.05) is 11.0 Å². The van der Waals surface area contributed by atoms with Crippen LogP contribution in [0.3, 0.4) is 0 Å². The van der Waals surface area contributed by atoms with Crippen molar-refractivity contribution >= 4 is 22.6 Å². The van der Waals surface area contributed by atoms with Crippen molar-refractivity contribution in [2.75, 3.05) is 19.6 Å². The van der Waals surface area contributed by atoms with Crippen LogP contribution in [-0.4, -0.2) is 36.3 Å². The van der Waals surface area contributed by atoms with Crippen LogP contribution in [-0.2, 0) is 9.59 Å². The Balaban J connectivity index is 1.39. The van der Waals surface area contributed by atoms with Crippen LogP contribution in [0.2, 0.25) is 0 Å². The van der Waals surface area contributed by atoms with Crippen molar-refractivity contribution in [3.8, 4) is 0 Å². The molecule has 1 aliphatic heterocycles. The Labute approximate surface area is 223 Å². The summed E-state index contributed by atoms with van der Waals surface area (Å²) in [5.74, 6) is -0.519. The zero-order chi connectivity index (χ0) is 26.9. The highest BCUT2D eigenvalue weighted by molar-refractivity contribution is 5.86. The molecule has 200 valence electrons. The van der Waals surface area contributed by atoms with Gasteiger partial charge < -0.3 is 10.2 Å². The van der Waals surface area contributed by atoms with Crippen LogP contribution >= 0.6 is 0 Å². The first-order valence-electron chi connectivity index (χ1n) is 13.6. The Hall–Kier alpha value is -3.45. The number of carbonyl (C=O) groups excluding carboxylic acids is 2. The van der Waals surface area contributed by atoms with Crippen molar-refractivity contribution in [2.24, 2.45) is 11.1 Å². The summed E-state index contributed by atoms with van der Waals surface area (Å²) in [6.45, 7) is 4.18. The fourth-order valence-corrected chi connectivity index (χ4v) is 5.59. The molecule has 1 N–H and O–H groups in total. The highest BCUT2D eigenvalue weighted by Crippen LogP contribution is 2.34. The van der Waals surface area contributed by atoms with E-state index in [0.717, 1.165) is 18.5 Å². The standard InChI is InChI=1S/C31H36FN3O3/c1-22(27-14-8-10-23-9-5-6-13-28(23)27)33-20-25-17-18-35(21-29(25)24-11-7-12-26(32)19-24)31(37)16-4-2-3-15-30(36)34-38/h5-14,19,22,25,29,33H,2-4,15-18,20-21H2,1H3/t22-,25?,29?/m1/s1. The molecule has 2 unspecified atom stereocenters. The van der Waals surface area contributed by atoms with Gasteiger partial charge in [-0.1, -0.05) is 61.0 Å². The monoisotopic (exact) mass is 517 g/mol. The van der Waals surface area contributed by atoms with E-state index >= 15 is 0 Å². The lowest BCUT2D eigenvalue weighted by Crippen LogP contribution is -2.45. The Morgan fingerprint density at radius 1 is 1.03 bits per heavy atom. The van der Waals surface area contributed by atoms with Crippen LogP contribution in [0.25, 0.3) is 10.8 Å². The summed E-state index contributed by atoms with van der Waals surface area (Å²) >= 11 is 0. The van der Waals surface area contributed by atoms with Crippen molar-refractivity contribution in [1.82, 2.24) is 10.2 Å². The van der Waals surface area contributed by atoms with Crippen LogP contribution in [0.1, 0.15) is 68.5 Å². The second kappa shape index (κ2) is 13.4. The first kappa shape index (κ1) is 27.6. The molecule has 0 bridgehead atoms. The van der Waals surface area contributed by atoms with E-state index < -0.39 is 5.91 Å². The number of fused-ring (bicyclic) bond motifs is 1. The Morgan fingerprint density at radius 2 is 1.79 bits per heavy atom. The first-order valence-corrected chi connectivity index (χ1v) is 13.6. The van der Waals surface area contributed by atoms with Gasteiger partial charge in [-0.2, -0.15) is 0 Å². The number of nitroso groups, excluding NO2 is 1. The molecule has 3 aromatic carbocycles. The topological polar surface area (TPSA) is 78.8 Å². The van der Waals surface area contributed by atoms with Gasteiger partial charge in [-0.15, -0.1) is 4.91 Å². The predicted molar refractivity (Wildman–Crippen MR) is 148 cm³/mol. The number of amides is 2. The van der Waals surface area contributed by atoms with E-state index in [9.17, 15) is 18.9 Å². The SMILES string of the molecule is C[C@@H](NCC1CCN(C(=O)CCCCCC(=O)N=O)CC1c1cccc(F)c1)c1cccc2ccccc12. The van der Waals surface area contributed by atoms with Gasteiger partial charge in [-0.05, 0) is 72.7 Å². The largest absolute Gasteiger partial charge is 0.342 e. The average Bonchev–Trinajstić information content (AvgIpc) is 2.95. The molecule has 1 heterocycles. The number of unbranched alkanes of at least 4 members (excludes halogenated alkanes) is 2. The number of carbonyl (C=O) groups is 2. The molecule has 0 saturated carbocycles. The van der Waals surface area contributed by atoms with Gasteiger partial charge in [0.2, 0.25) is 5.91 Å². The van der Waals surface area contributed by atoms with Gasteiger partial charge >= 0.3 is 0 Å². The molecule has 4 rings (SSSR count). The highest BCUT2D eigenvalue weighted by Gasteiger charge is 2.32. The summed E-state index contributed by atoms with van der Waals surface area (Å²) < 4.78 is 14.2. The molecule has 7 heteroatoms. The molecule has 0 aromatic heterocycles. The maximum Gasteiger partial charge on any atom is 0.286 e. The van der Waals surface area contributed by atoms with E-state index in [1.165, 1.54) is 22.4 Å². The normalized spacial score (nSPS) is 18.3. The number of rotatable bonds is 11. The lowest BCUT2D eigenvalue weighted by atomic mass is 9.80. The molecule has 38 heavy (non-hydrogen) atoms. The minimum Gasteiger partial charge on any atom is -0.342 e. The Morgan fingerprint density at radius 3 is 2.61 bits per heavy atom. The number of hydrogen-bond acceptors (Lipinski definition) is 4. The number of nitrogens with one attached hydrogen (secondary N) is 1. The average molecular weight is 518 g/mol. The van der Waals surface area contributed by atoms with Crippen LogP contribution in [0.5, 0.6) is 0 Å². The van der Waals surface area contributed by atoms with Crippen LogP contribution in [0.15, 0.2) is 71.9 Å². The summed E-state index contributed by atoms with van der Waals surface area (Å²) in [5, 5.41) is 8.59. The molecule has 0 spiro atoms. The Bertz CT molecular complexity index is 1260. The molecule has 0 aliphatic carbocycles.